The third-order valence-electron chi connectivity index (χ3n) is 2.44. The van der Waals surface area contributed by atoms with Crippen LogP contribution in [0.25, 0.3) is 0 Å². The van der Waals surface area contributed by atoms with Gasteiger partial charge < -0.3 is 20.1 Å². The molecule has 142 valence electrons. The van der Waals surface area contributed by atoms with Gasteiger partial charge in [0, 0.05) is 20.7 Å². The van der Waals surface area contributed by atoms with Gasteiger partial charge in [-0.1, -0.05) is 54.4 Å². The van der Waals surface area contributed by atoms with Crippen LogP contribution in [-0.2, 0) is 9.47 Å². The average molecular weight is 422 g/mol. The van der Waals surface area contributed by atoms with Crippen LogP contribution in [0.1, 0.15) is 20.8 Å². The van der Waals surface area contributed by atoms with Crippen molar-refractivity contribution in [1.29, 1.82) is 0 Å². The molecule has 0 bridgehead atoms. The van der Waals surface area contributed by atoms with Crippen LogP contribution in [0.4, 0.5) is 9.59 Å². The highest BCUT2D eigenvalue weighted by Crippen LogP contribution is 2.25. The molecule has 0 spiro atoms. The Labute approximate surface area is 159 Å². The Bertz CT molecular complexity index is 431. The molecule has 0 aromatic rings. The van der Waals surface area contributed by atoms with E-state index in [9.17, 15) is 9.59 Å². The second-order valence-corrected chi connectivity index (χ2v) is 15.7. The van der Waals surface area contributed by atoms with E-state index in [0.29, 0.717) is 0 Å². The first-order valence-corrected chi connectivity index (χ1v) is 12.4. The minimum Gasteiger partial charge on any atom is -0.445 e. The maximum Gasteiger partial charge on any atom is 0.407 e. The summed E-state index contributed by atoms with van der Waals surface area (Å²) in [4.78, 5) is 23.6. The highest BCUT2D eigenvalue weighted by atomic mass is 35.6. The molecule has 10 heteroatoms. The Morgan fingerprint density at radius 3 is 2.04 bits per heavy atom. The number of amides is 2. The number of alkyl carbamates (subject to hydrolysis) is 2. The molecule has 2 N–H and O–H groups in total. The van der Waals surface area contributed by atoms with Gasteiger partial charge in [0.25, 0.3) is 0 Å². The normalized spacial score (nSPS) is 13.9. The lowest BCUT2D eigenvalue weighted by atomic mass is 10.2. The van der Waals surface area contributed by atoms with E-state index in [1.165, 1.54) is 0 Å². The highest BCUT2D eigenvalue weighted by molar-refractivity contribution is 6.76. The Balaban J connectivity index is 4.57. The van der Waals surface area contributed by atoms with Crippen molar-refractivity contribution in [2.75, 3.05) is 13.2 Å². The van der Waals surface area contributed by atoms with Gasteiger partial charge in [-0.05, 0) is 26.8 Å². The number of carbonyl (C=O) groups is 2. The van der Waals surface area contributed by atoms with E-state index in [1.54, 1.807) is 20.8 Å². The number of nitrogens with one attached hydrogen (secondary N) is 2. The fraction of sp³-hybridized carbons (Fsp3) is 0.857. The summed E-state index contributed by atoms with van der Waals surface area (Å²) >= 11 is 16.5. The van der Waals surface area contributed by atoms with Crippen LogP contribution in [0.15, 0.2) is 0 Å². The number of carbonyl (C=O) groups excluding carboxylic acids is 2. The largest absolute Gasteiger partial charge is 0.445 e. The zero-order valence-corrected chi connectivity index (χ0v) is 18.2. The molecule has 2 amide bonds. The number of hydrogen-bond acceptors (Lipinski definition) is 4. The average Bonchev–Trinajstić information content (AvgIpc) is 2.28. The summed E-state index contributed by atoms with van der Waals surface area (Å²) in [6.45, 7) is 11.7. The lowest BCUT2D eigenvalue weighted by Crippen LogP contribution is -2.48. The summed E-state index contributed by atoms with van der Waals surface area (Å²) in [6, 6.07) is 0.489. The van der Waals surface area contributed by atoms with Gasteiger partial charge in [-0.25, -0.2) is 9.59 Å². The van der Waals surface area contributed by atoms with Crippen molar-refractivity contribution in [3.8, 4) is 0 Å². The molecule has 1 unspecified atom stereocenters. The maximum absolute atomic E-state index is 11.9. The van der Waals surface area contributed by atoms with Crippen LogP contribution in [0.3, 0.4) is 0 Å². The number of ether oxygens (including phenoxy) is 2. The fourth-order valence-electron chi connectivity index (χ4n) is 1.79. The van der Waals surface area contributed by atoms with Gasteiger partial charge >= 0.3 is 12.2 Å². The van der Waals surface area contributed by atoms with E-state index in [2.05, 4.69) is 30.3 Å². The SMILES string of the molecule is CC(C)(C)OC(=O)NC(CNC(=O)OCC(Cl)(Cl)Cl)C[Si](C)(C)C. The smallest absolute Gasteiger partial charge is 0.407 e. The van der Waals surface area contributed by atoms with Crippen molar-refractivity contribution in [1.82, 2.24) is 10.6 Å². The van der Waals surface area contributed by atoms with Gasteiger partial charge in [0.15, 0.2) is 0 Å². The van der Waals surface area contributed by atoms with Crippen molar-refractivity contribution in [3.63, 3.8) is 0 Å². The summed E-state index contributed by atoms with van der Waals surface area (Å²) in [5.74, 6) is 0. The van der Waals surface area contributed by atoms with Crippen molar-refractivity contribution in [3.05, 3.63) is 0 Å². The molecule has 0 aliphatic carbocycles. The Morgan fingerprint density at radius 2 is 1.62 bits per heavy atom. The molecule has 0 rings (SSSR count). The minimum absolute atomic E-state index is 0.197. The monoisotopic (exact) mass is 420 g/mol. The molecule has 0 radical (unpaired) electrons. The first kappa shape index (κ1) is 23.6. The summed E-state index contributed by atoms with van der Waals surface area (Å²) in [7, 11) is -1.49. The molecular weight excluding hydrogens is 395 g/mol. The van der Waals surface area contributed by atoms with E-state index in [4.69, 9.17) is 44.3 Å². The van der Waals surface area contributed by atoms with Gasteiger partial charge in [0.2, 0.25) is 3.79 Å². The maximum atomic E-state index is 11.9. The lowest BCUT2D eigenvalue weighted by molar-refractivity contribution is 0.0506. The molecule has 0 aliphatic heterocycles. The van der Waals surface area contributed by atoms with Gasteiger partial charge in [-0.2, -0.15) is 0 Å². The van der Waals surface area contributed by atoms with Gasteiger partial charge in [-0.3, -0.25) is 0 Å². The zero-order valence-electron chi connectivity index (χ0n) is 15.0. The first-order valence-electron chi connectivity index (χ1n) is 7.54. The summed E-state index contributed by atoms with van der Waals surface area (Å²) in [6.07, 6.45) is -1.24. The Morgan fingerprint density at radius 1 is 1.08 bits per heavy atom. The molecule has 6 nitrogen and oxygen atoms in total. The molecule has 0 heterocycles. The van der Waals surface area contributed by atoms with E-state index in [1.807, 2.05) is 0 Å². The zero-order chi connectivity index (χ0) is 19.2. The molecule has 0 fully saturated rings. The quantitative estimate of drug-likeness (QED) is 0.495. The molecule has 24 heavy (non-hydrogen) atoms. The van der Waals surface area contributed by atoms with Crippen molar-refractivity contribution >= 4 is 55.1 Å². The standard InChI is InChI=1S/C14H27Cl3N2O4Si/c1-13(2,3)23-12(21)19-10(8-24(4,5)6)7-18-11(20)22-9-14(15,16)17/h10H,7-9H2,1-6H3,(H,18,20)(H,19,21). The van der Waals surface area contributed by atoms with Crippen LogP contribution in [0.5, 0.6) is 0 Å². The Hall–Kier alpha value is -0.373. The van der Waals surface area contributed by atoms with Crippen molar-refractivity contribution < 1.29 is 19.1 Å². The highest BCUT2D eigenvalue weighted by Gasteiger charge is 2.26. The molecular formula is C14H27Cl3N2O4Si. The van der Waals surface area contributed by atoms with Gasteiger partial charge in [-0.15, -0.1) is 0 Å². The van der Waals surface area contributed by atoms with Crippen LogP contribution >= 0.6 is 34.8 Å². The van der Waals surface area contributed by atoms with Crippen LogP contribution < -0.4 is 10.6 Å². The van der Waals surface area contributed by atoms with E-state index in [0.717, 1.165) is 6.04 Å². The van der Waals surface area contributed by atoms with Gasteiger partial charge in [0.1, 0.15) is 12.2 Å². The fourth-order valence-corrected chi connectivity index (χ4v) is 3.68. The molecule has 0 aliphatic rings. The lowest BCUT2D eigenvalue weighted by Gasteiger charge is -2.27. The Kier molecular flexibility index (Phi) is 9.21. The number of rotatable bonds is 6. The van der Waals surface area contributed by atoms with Crippen molar-refractivity contribution in [2.24, 2.45) is 0 Å². The predicted octanol–water partition coefficient (Wildman–Crippen LogP) is 4.31. The summed E-state index contributed by atoms with van der Waals surface area (Å²) < 4.78 is 8.38. The minimum atomic E-state index is -1.66. The van der Waals surface area contributed by atoms with Crippen molar-refractivity contribution in [2.45, 2.75) is 61.9 Å². The first-order chi connectivity index (χ1) is 10.6. The number of alkyl halides is 3. The third-order valence-corrected chi connectivity index (χ3v) is 4.48. The molecule has 0 saturated carbocycles. The van der Waals surface area contributed by atoms with Crippen LogP contribution in [0.2, 0.25) is 25.7 Å². The molecule has 0 aromatic carbocycles. The van der Waals surface area contributed by atoms with Crippen LogP contribution in [0, 0.1) is 0 Å². The van der Waals surface area contributed by atoms with Gasteiger partial charge in [0.05, 0.1) is 0 Å². The van der Waals surface area contributed by atoms with E-state index >= 15 is 0 Å². The predicted molar refractivity (Wildman–Crippen MR) is 101 cm³/mol. The topological polar surface area (TPSA) is 76.7 Å². The number of halogens is 3. The molecule has 1 atom stereocenters. The second kappa shape index (κ2) is 9.36. The third kappa shape index (κ3) is 15.2. The van der Waals surface area contributed by atoms with Crippen LogP contribution in [-0.4, -0.2) is 48.8 Å². The van der Waals surface area contributed by atoms with E-state index < -0.39 is 29.7 Å². The second-order valence-electron chi connectivity index (χ2n) is 7.68. The number of hydrogen-bond donors (Lipinski definition) is 2. The van der Waals surface area contributed by atoms with E-state index in [-0.39, 0.29) is 19.2 Å². The summed E-state index contributed by atoms with van der Waals surface area (Å²) in [5.41, 5.74) is -0.593. The summed E-state index contributed by atoms with van der Waals surface area (Å²) in [5, 5.41) is 5.34. The molecule has 0 aromatic heterocycles. The molecule has 0 saturated heterocycles.